The van der Waals surface area contributed by atoms with Gasteiger partial charge < -0.3 is 4.98 Å². The first-order chi connectivity index (χ1) is 11.8. The molecule has 0 spiro atoms. The summed E-state index contributed by atoms with van der Waals surface area (Å²) >= 11 is 0. The molecule has 1 aromatic carbocycles. The molecule has 0 aliphatic rings. The molecule has 0 aliphatic heterocycles. The van der Waals surface area contributed by atoms with Crippen LogP contribution in [0.15, 0.2) is 73.2 Å². The van der Waals surface area contributed by atoms with Crippen molar-refractivity contribution in [3.8, 4) is 33.9 Å². The first-order valence-corrected chi connectivity index (χ1v) is 7.80. The van der Waals surface area contributed by atoms with Gasteiger partial charge in [-0.3, -0.25) is 9.97 Å². The van der Waals surface area contributed by atoms with Crippen molar-refractivity contribution in [3.05, 3.63) is 78.9 Å². The second-order valence-corrected chi connectivity index (χ2v) is 5.60. The van der Waals surface area contributed by atoms with Crippen LogP contribution in [0.5, 0.6) is 0 Å². The van der Waals surface area contributed by atoms with Crippen LogP contribution in [0.4, 0.5) is 0 Å². The monoisotopic (exact) mass is 312 g/mol. The van der Waals surface area contributed by atoms with Crippen LogP contribution in [0.25, 0.3) is 33.9 Å². The molecule has 0 bridgehead atoms. The molecule has 4 aromatic rings. The van der Waals surface area contributed by atoms with E-state index in [4.69, 9.17) is 4.98 Å². The Bertz CT molecular complexity index is 942. The van der Waals surface area contributed by atoms with Gasteiger partial charge >= 0.3 is 0 Å². The summed E-state index contributed by atoms with van der Waals surface area (Å²) in [5.41, 5.74) is 5.97. The maximum absolute atomic E-state index is 4.72. The van der Waals surface area contributed by atoms with Crippen molar-refractivity contribution in [3.63, 3.8) is 0 Å². The van der Waals surface area contributed by atoms with Crippen LogP contribution in [-0.4, -0.2) is 19.9 Å². The van der Waals surface area contributed by atoms with Gasteiger partial charge in [-0.1, -0.05) is 30.3 Å². The van der Waals surface area contributed by atoms with E-state index in [1.54, 1.807) is 12.4 Å². The highest BCUT2D eigenvalue weighted by Crippen LogP contribution is 2.26. The number of nitrogens with one attached hydrogen (secondary N) is 1. The Morgan fingerprint density at radius 1 is 0.792 bits per heavy atom. The largest absolute Gasteiger partial charge is 0.341 e. The summed E-state index contributed by atoms with van der Waals surface area (Å²) in [6.45, 7) is 2.02. The predicted molar refractivity (Wildman–Crippen MR) is 95.2 cm³/mol. The number of nitrogens with zero attached hydrogens (tertiary/aromatic N) is 3. The minimum Gasteiger partial charge on any atom is -0.341 e. The Balaban J connectivity index is 1.68. The first kappa shape index (κ1) is 14.3. The number of pyridine rings is 2. The number of rotatable bonds is 3. The zero-order valence-corrected chi connectivity index (χ0v) is 13.3. The zero-order valence-electron chi connectivity index (χ0n) is 13.3. The molecule has 0 amide bonds. The summed E-state index contributed by atoms with van der Waals surface area (Å²) in [4.78, 5) is 16.8. The molecule has 0 fully saturated rings. The molecule has 1 N–H and O–H groups in total. The highest BCUT2D eigenvalue weighted by atomic mass is 14.9. The standard InChI is InChI=1S/C20H16N4/c1-14-19(24-20(23-14)17-8-5-11-21-12-17)16-9-10-18(22-13-16)15-6-3-2-4-7-15/h2-13H,1H3,(H,23,24). The van der Waals surface area contributed by atoms with Crippen molar-refractivity contribution in [2.24, 2.45) is 0 Å². The third kappa shape index (κ3) is 2.70. The number of aromatic amines is 1. The van der Waals surface area contributed by atoms with Crippen LogP contribution in [-0.2, 0) is 0 Å². The number of hydrogen-bond donors (Lipinski definition) is 1. The number of imidazole rings is 1. The third-order valence-corrected chi connectivity index (χ3v) is 3.93. The first-order valence-electron chi connectivity index (χ1n) is 7.80. The molecule has 116 valence electrons. The van der Waals surface area contributed by atoms with Crippen molar-refractivity contribution in [2.45, 2.75) is 6.92 Å². The molecule has 3 heterocycles. The van der Waals surface area contributed by atoms with Gasteiger partial charge in [0.05, 0.1) is 11.4 Å². The topological polar surface area (TPSA) is 54.5 Å². The molecular formula is C20H16N4. The SMILES string of the molecule is Cc1[nH]c(-c2cccnc2)nc1-c1ccc(-c2ccccc2)nc1. The average Bonchev–Trinajstić information content (AvgIpc) is 3.05. The summed E-state index contributed by atoms with van der Waals surface area (Å²) in [5, 5.41) is 0. The maximum atomic E-state index is 4.72. The molecule has 0 saturated heterocycles. The number of hydrogen-bond acceptors (Lipinski definition) is 3. The van der Waals surface area contributed by atoms with Crippen LogP contribution in [0, 0.1) is 6.92 Å². The van der Waals surface area contributed by atoms with Crippen molar-refractivity contribution in [1.29, 1.82) is 0 Å². The van der Waals surface area contributed by atoms with Crippen molar-refractivity contribution < 1.29 is 0 Å². The van der Waals surface area contributed by atoms with Gasteiger partial charge in [0.1, 0.15) is 5.82 Å². The molecule has 0 unspecified atom stereocenters. The quantitative estimate of drug-likeness (QED) is 0.605. The summed E-state index contributed by atoms with van der Waals surface area (Å²) < 4.78 is 0. The summed E-state index contributed by atoms with van der Waals surface area (Å²) in [5.74, 6) is 0.822. The van der Waals surface area contributed by atoms with Crippen LogP contribution in [0.3, 0.4) is 0 Å². The number of H-pyrrole nitrogens is 1. The van der Waals surface area contributed by atoms with Gasteiger partial charge in [-0.05, 0) is 31.2 Å². The second kappa shape index (κ2) is 6.08. The average molecular weight is 312 g/mol. The van der Waals surface area contributed by atoms with Crippen molar-refractivity contribution in [1.82, 2.24) is 19.9 Å². The van der Waals surface area contributed by atoms with Crippen LogP contribution in [0.2, 0.25) is 0 Å². The van der Waals surface area contributed by atoms with Crippen LogP contribution in [0.1, 0.15) is 5.69 Å². The lowest BCUT2D eigenvalue weighted by molar-refractivity contribution is 1.23. The molecule has 24 heavy (non-hydrogen) atoms. The van der Waals surface area contributed by atoms with E-state index in [0.29, 0.717) is 0 Å². The fourth-order valence-electron chi connectivity index (χ4n) is 2.69. The summed E-state index contributed by atoms with van der Waals surface area (Å²) in [6, 6.07) is 18.1. The van der Waals surface area contributed by atoms with Crippen LogP contribution >= 0.6 is 0 Å². The van der Waals surface area contributed by atoms with Gasteiger partial charge in [-0.2, -0.15) is 0 Å². The van der Waals surface area contributed by atoms with E-state index in [0.717, 1.165) is 39.6 Å². The number of aryl methyl sites for hydroxylation is 1. The van der Waals surface area contributed by atoms with Gasteiger partial charge in [0.15, 0.2) is 0 Å². The summed E-state index contributed by atoms with van der Waals surface area (Å²) in [6.07, 6.45) is 5.43. The second-order valence-electron chi connectivity index (χ2n) is 5.60. The van der Waals surface area contributed by atoms with Crippen molar-refractivity contribution >= 4 is 0 Å². The molecule has 0 radical (unpaired) electrons. The highest BCUT2D eigenvalue weighted by Gasteiger charge is 2.11. The Morgan fingerprint density at radius 2 is 1.62 bits per heavy atom. The van der Waals surface area contributed by atoms with E-state index in [-0.39, 0.29) is 0 Å². The highest BCUT2D eigenvalue weighted by molar-refractivity contribution is 5.68. The van der Waals surface area contributed by atoms with Crippen LogP contribution < -0.4 is 0 Å². The molecule has 0 aliphatic carbocycles. The fourth-order valence-corrected chi connectivity index (χ4v) is 2.69. The lowest BCUT2D eigenvalue weighted by Gasteiger charge is -2.02. The Labute approximate surface area is 140 Å². The van der Waals surface area contributed by atoms with Gasteiger partial charge in [0.2, 0.25) is 0 Å². The number of aromatic nitrogens is 4. The van der Waals surface area contributed by atoms with Gasteiger partial charge in [-0.25, -0.2) is 4.98 Å². The van der Waals surface area contributed by atoms with Crippen molar-refractivity contribution in [2.75, 3.05) is 0 Å². The van der Waals surface area contributed by atoms with E-state index in [9.17, 15) is 0 Å². The molecule has 0 saturated carbocycles. The Kier molecular flexibility index (Phi) is 3.63. The lowest BCUT2D eigenvalue weighted by atomic mass is 10.1. The normalized spacial score (nSPS) is 10.7. The number of benzene rings is 1. The third-order valence-electron chi connectivity index (χ3n) is 3.93. The van der Waals surface area contributed by atoms with Gasteiger partial charge in [0, 0.05) is 41.0 Å². The minimum atomic E-state index is 0.822. The molecule has 3 aromatic heterocycles. The Hall–Kier alpha value is -3.27. The lowest BCUT2D eigenvalue weighted by Crippen LogP contribution is -1.86. The van der Waals surface area contributed by atoms with Gasteiger partial charge in [-0.15, -0.1) is 0 Å². The smallest absolute Gasteiger partial charge is 0.139 e. The molecule has 4 nitrogen and oxygen atoms in total. The van der Waals surface area contributed by atoms with E-state index < -0.39 is 0 Å². The predicted octanol–water partition coefficient (Wildman–Crippen LogP) is 4.51. The van der Waals surface area contributed by atoms with E-state index in [2.05, 4.69) is 33.2 Å². The Morgan fingerprint density at radius 3 is 2.33 bits per heavy atom. The molecule has 4 heteroatoms. The van der Waals surface area contributed by atoms with E-state index >= 15 is 0 Å². The molecule has 4 rings (SSSR count). The van der Waals surface area contributed by atoms with E-state index in [1.165, 1.54) is 0 Å². The molecular weight excluding hydrogens is 296 g/mol. The fraction of sp³-hybridized carbons (Fsp3) is 0.0500. The maximum Gasteiger partial charge on any atom is 0.139 e. The molecule has 0 atom stereocenters. The minimum absolute atomic E-state index is 0.822. The van der Waals surface area contributed by atoms with E-state index in [1.807, 2.05) is 49.5 Å². The zero-order chi connectivity index (χ0) is 16.4. The van der Waals surface area contributed by atoms with Gasteiger partial charge in [0.25, 0.3) is 0 Å². The summed E-state index contributed by atoms with van der Waals surface area (Å²) in [7, 11) is 0.